The minimum atomic E-state index is -0.641. The Bertz CT molecular complexity index is 1040. The van der Waals surface area contributed by atoms with Crippen LogP contribution in [0.25, 0.3) is 10.7 Å². The molecule has 9 heteroatoms. The first kappa shape index (κ1) is 20.2. The van der Waals surface area contributed by atoms with E-state index in [2.05, 4.69) is 15.3 Å². The van der Waals surface area contributed by atoms with Crippen molar-refractivity contribution in [2.75, 3.05) is 19.5 Å². The Morgan fingerprint density at radius 3 is 2.21 bits per heavy atom. The molecule has 0 aliphatic carbocycles. The molecule has 0 spiro atoms. The number of hydrogen-bond donors (Lipinski definition) is 1. The molecule has 0 aliphatic rings. The summed E-state index contributed by atoms with van der Waals surface area (Å²) < 4.78 is 9.40. The predicted molar refractivity (Wildman–Crippen MR) is 107 cm³/mol. The molecule has 1 amide bonds. The molecule has 0 fully saturated rings. The number of amides is 1. The molecule has 0 aliphatic heterocycles. The van der Waals surface area contributed by atoms with Crippen molar-refractivity contribution in [3.63, 3.8) is 0 Å². The number of anilines is 1. The number of esters is 2. The van der Waals surface area contributed by atoms with E-state index >= 15 is 0 Å². The number of methoxy groups -OCH3 is 2. The molecule has 148 valence electrons. The van der Waals surface area contributed by atoms with E-state index in [0.29, 0.717) is 21.3 Å². The van der Waals surface area contributed by atoms with Crippen LogP contribution < -0.4 is 5.32 Å². The summed E-state index contributed by atoms with van der Waals surface area (Å²) in [7, 11) is 2.45. The summed E-state index contributed by atoms with van der Waals surface area (Å²) >= 11 is 1.20. The number of ether oxygens (including phenoxy) is 2. The van der Waals surface area contributed by atoms with E-state index in [-0.39, 0.29) is 16.8 Å². The second-order valence-electron chi connectivity index (χ2n) is 5.88. The zero-order valence-corrected chi connectivity index (χ0v) is 16.7. The summed E-state index contributed by atoms with van der Waals surface area (Å²) in [6.07, 6.45) is 1.65. The summed E-state index contributed by atoms with van der Waals surface area (Å²) in [6, 6.07) is 9.63. The monoisotopic (exact) mass is 411 g/mol. The second-order valence-corrected chi connectivity index (χ2v) is 6.88. The SMILES string of the molecule is COC(=O)c1cc(NC(=O)c2sc(-c3ccccn3)nc2C)cc(C(=O)OC)c1. The number of carbonyl (C=O) groups is 3. The molecular formula is C20H17N3O5S. The van der Waals surface area contributed by atoms with Gasteiger partial charge in [-0.2, -0.15) is 0 Å². The van der Waals surface area contributed by atoms with Gasteiger partial charge in [-0.15, -0.1) is 11.3 Å². The van der Waals surface area contributed by atoms with Crippen molar-refractivity contribution in [2.45, 2.75) is 6.92 Å². The number of benzene rings is 1. The van der Waals surface area contributed by atoms with Crippen LogP contribution in [0.1, 0.15) is 36.1 Å². The van der Waals surface area contributed by atoms with Crippen molar-refractivity contribution in [3.8, 4) is 10.7 Å². The van der Waals surface area contributed by atoms with E-state index in [0.717, 1.165) is 0 Å². The number of pyridine rings is 1. The van der Waals surface area contributed by atoms with E-state index in [1.54, 1.807) is 19.2 Å². The molecule has 3 aromatic rings. The van der Waals surface area contributed by atoms with E-state index in [1.807, 2.05) is 12.1 Å². The highest BCUT2D eigenvalue weighted by Gasteiger charge is 2.19. The number of carbonyl (C=O) groups excluding carboxylic acids is 3. The van der Waals surface area contributed by atoms with Gasteiger partial charge in [0.25, 0.3) is 5.91 Å². The molecule has 3 rings (SSSR count). The lowest BCUT2D eigenvalue weighted by atomic mass is 10.1. The highest BCUT2D eigenvalue weighted by molar-refractivity contribution is 7.17. The molecule has 8 nitrogen and oxygen atoms in total. The number of nitrogens with one attached hydrogen (secondary N) is 1. The van der Waals surface area contributed by atoms with Gasteiger partial charge in [0, 0.05) is 11.9 Å². The van der Waals surface area contributed by atoms with Crippen LogP contribution in [-0.4, -0.2) is 42.0 Å². The molecule has 0 unspecified atom stereocenters. The molecule has 1 N–H and O–H groups in total. The first-order valence-electron chi connectivity index (χ1n) is 8.45. The van der Waals surface area contributed by atoms with Crippen LogP contribution in [0.15, 0.2) is 42.6 Å². The van der Waals surface area contributed by atoms with Crippen LogP contribution in [0.5, 0.6) is 0 Å². The van der Waals surface area contributed by atoms with Gasteiger partial charge in [-0.05, 0) is 37.3 Å². The molecule has 0 bridgehead atoms. The fourth-order valence-corrected chi connectivity index (χ4v) is 3.50. The Kier molecular flexibility index (Phi) is 5.99. The summed E-state index contributed by atoms with van der Waals surface area (Å²) in [5, 5.41) is 3.32. The Balaban J connectivity index is 1.91. The zero-order chi connectivity index (χ0) is 21.0. The van der Waals surface area contributed by atoms with Crippen LogP contribution in [0.2, 0.25) is 0 Å². The number of thiazole rings is 1. The standard InChI is InChI=1S/C20H17N3O5S/c1-11-16(29-18(22-11)15-6-4-5-7-21-15)17(24)23-14-9-12(19(25)27-2)8-13(10-14)20(26)28-3/h4-10H,1-3H3,(H,23,24). The lowest BCUT2D eigenvalue weighted by Crippen LogP contribution is -2.14. The second kappa shape index (κ2) is 8.61. The molecule has 2 heterocycles. The average molecular weight is 411 g/mol. The van der Waals surface area contributed by atoms with E-state index in [1.165, 1.54) is 43.8 Å². The largest absolute Gasteiger partial charge is 0.465 e. The maximum absolute atomic E-state index is 12.8. The fraction of sp³-hybridized carbons (Fsp3) is 0.150. The fourth-order valence-electron chi connectivity index (χ4n) is 2.56. The first-order valence-corrected chi connectivity index (χ1v) is 9.26. The van der Waals surface area contributed by atoms with Crippen molar-refractivity contribution >= 4 is 34.9 Å². The van der Waals surface area contributed by atoms with E-state index < -0.39 is 17.8 Å². The van der Waals surface area contributed by atoms with Crippen LogP contribution in [-0.2, 0) is 9.47 Å². The molecule has 0 saturated carbocycles. The Labute approximate surface area is 170 Å². The maximum Gasteiger partial charge on any atom is 0.337 e. The summed E-state index contributed by atoms with van der Waals surface area (Å²) in [4.78, 5) is 45.6. The summed E-state index contributed by atoms with van der Waals surface area (Å²) in [6.45, 7) is 1.72. The third-order valence-corrected chi connectivity index (χ3v) is 5.10. The normalized spacial score (nSPS) is 10.3. The van der Waals surface area contributed by atoms with Gasteiger partial charge in [0.1, 0.15) is 9.88 Å². The van der Waals surface area contributed by atoms with Gasteiger partial charge in [-0.3, -0.25) is 9.78 Å². The van der Waals surface area contributed by atoms with Gasteiger partial charge in [0.2, 0.25) is 0 Å². The number of aryl methyl sites for hydroxylation is 1. The van der Waals surface area contributed by atoms with Crippen molar-refractivity contribution < 1.29 is 23.9 Å². The summed E-state index contributed by atoms with van der Waals surface area (Å²) in [5.74, 6) is -1.70. The predicted octanol–water partition coefficient (Wildman–Crippen LogP) is 3.34. The number of aromatic nitrogens is 2. The Morgan fingerprint density at radius 1 is 1.00 bits per heavy atom. The number of hydrogen-bond acceptors (Lipinski definition) is 8. The highest BCUT2D eigenvalue weighted by atomic mass is 32.1. The molecule has 1 aromatic carbocycles. The zero-order valence-electron chi connectivity index (χ0n) is 15.9. The van der Waals surface area contributed by atoms with E-state index in [4.69, 9.17) is 9.47 Å². The Morgan fingerprint density at radius 2 is 1.66 bits per heavy atom. The van der Waals surface area contributed by atoms with Gasteiger partial charge in [-0.1, -0.05) is 6.07 Å². The van der Waals surface area contributed by atoms with Crippen molar-refractivity contribution in [1.29, 1.82) is 0 Å². The molecular weight excluding hydrogens is 394 g/mol. The lowest BCUT2D eigenvalue weighted by Gasteiger charge is -2.09. The van der Waals surface area contributed by atoms with Crippen molar-refractivity contribution in [3.05, 3.63) is 64.3 Å². The molecule has 0 atom stereocenters. The maximum atomic E-state index is 12.8. The minimum absolute atomic E-state index is 0.112. The summed E-state index contributed by atoms with van der Waals surface area (Å²) in [5.41, 5.74) is 1.69. The van der Waals surface area contributed by atoms with Crippen molar-refractivity contribution in [2.24, 2.45) is 0 Å². The van der Waals surface area contributed by atoms with Crippen molar-refractivity contribution in [1.82, 2.24) is 9.97 Å². The van der Waals surface area contributed by atoms with Crippen LogP contribution in [0, 0.1) is 6.92 Å². The van der Waals surface area contributed by atoms with Gasteiger partial charge < -0.3 is 14.8 Å². The van der Waals surface area contributed by atoms with Crippen LogP contribution in [0.4, 0.5) is 5.69 Å². The van der Waals surface area contributed by atoms with E-state index in [9.17, 15) is 14.4 Å². The Hall–Kier alpha value is -3.59. The van der Waals surface area contributed by atoms with Crippen LogP contribution in [0.3, 0.4) is 0 Å². The molecule has 29 heavy (non-hydrogen) atoms. The van der Waals surface area contributed by atoms with Gasteiger partial charge in [0.15, 0.2) is 0 Å². The third kappa shape index (κ3) is 4.46. The molecule has 0 saturated heterocycles. The van der Waals surface area contributed by atoms with Gasteiger partial charge in [-0.25, -0.2) is 14.6 Å². The third-order valence-electron chi connectivity index (χ3n) is 3.92. The van der Waals surface area contributed by atoms with Crippen LogP contribution >= 0.6 is 11.3 Å². The average Bonchev–Trinajstić information content (AvgIpc) is 3.14. The van der Waals surface area contributed by atoms with Gasteiger partial charge >= 0.3 is 11.9 Å². The van der Waals surface area contributed by atoms with Gasteiger partial charge in [0.05, 0.1) is 36.7 Å². The molecule has 2 aromatic heterocycles. The lowest BCUT2D eigenvalue weighted by molar-refractivity contribution is 0.0599. The topological polar surface area (TPSA) is 107 Å². The number of nitrogens with zero attached hydrogens (tertiary/aromatic N) is 2. The quantitative estimate of drug-likeness (QED) is 0.642. The number of rotatable bonds is 5. The first-order chi connectivity index (χ1) is 13.9. The smallest absolute Gasteiger partial charge is 0.337 e. The molecule has 0 radical (unpaired) electrons. The minimum Gasteiger partial charge on any atom is -0.465 e. The highest BCUT2D eigenvalue weighted by Crippen LogP contribution is 2.27.